The summed E-state index contributed by atoms with van der Waals surface area (Å²) in [5.74, 6) is -0.388. The Morgan fingerprint density at radius 2 is 2.17 bits per heavy atom. The molecule has 2 rings (SSSR count). The zero-order chi connectivity index (χ0) is 13.3. The summed E-state index contributed by atoms with van der Waals surface area (Å²) in [5.41, 5.74) is 0.720. The normalized spacial score (nSPS) is 10.7. The van der Waals surface area contributed by atoms with Crippen LogP contribution in [0.5, 0.6) is 5.75 Å². The molecule has 1 heterocycles. The highest BCUT2D eigenvalue weighted by Gasteiger charge is 2.12. The highest BCUT2D eigenvalue weighted by Crippen LogP contribution is 2.30. The minimum atomic E-state index is -0.519. The molecule has 0 aliphatic rings. The van der Waals surface area contributed by atoms with Crippen molar-refractivity contribution in [3.63, 3.8) is 0 Å². The van der Waals surface area contributed by atoms with Gasteiger partial charge in [0.05, 0.1) is 22.2 Å². The van der Waals surface area contributed by atoms with E-state index < -0.39 is 5.82 Å². The minimum Gasteiger partial charge on any atom is -0.488 e. The predicted octanol–water partition coefficient (Wildman–Crippen LogP) is 3.69. The summed E-state index contributed by atoms with van der Waals surface area (Å²) in [6.07, 6.45) is 1.23. The van der Waals surface area contributed by atoms with Crippen LogP contribution in [-0.2, 0) is 0 Å². The fourth-order valence-electron chi connectivity index (χ4n) is 1.58. The number of benzene rings is 1. The maximum atomic E-state index is 13.8. The lowest BCUT2D eigenvalue weighted by molar-refractivity contribution is 0.231. The van der Waals surface area contributed by atoms with Crippen molar-refractivity contribution in [2.45, 2.75) is 20.0 Å². The van der Waals surface area contributed by atoms with E-state index in [9.17, 15) is 4.39 Å². The van der Waals surface area contributed by atoms with Crippen molar-refractivity contribution in [1.29, 1.82) is 5.26 Å². The topological polar surface area (TPSA) is 45.9 Å². The van der Waals surface area contributed by atoms with Crippen molar-refractivity contribution >= 4 is 22.5 Å². The molecule has 0 radical (unpaired) electrons. The van der Waals surface area contributed by atoms with Crippen molar-refractivity contribution in [3.8, 4) is 11.8 Å². The van der Waals surface area contributed by atoms with E-state index in [4.69, 9.17) is 21.6 Å². The first-order valence-corrected chi connectivity index (χ1v) is 5.75. The molecule has 0 amide bonds. The molecule has 0 aliphatic carbocycles. The van der Waals surface area contributed by atoms with E-state index in [0.29, 0.717) is 10.9 Å². The Hall–Kier alpha value is -1.86. The highest BCUT2D eigenvalue weighted by atomic mass is 35.5. The van der Waals surface area contributed by atoms with Crippen LogP contribution < -0.4 is 4.74 Å². The van der Waals surface area contributed by atoms with Crippen LogP contribution in [0.4, 0.5) is 4.39 Å². The van der Waals surface area contributed by atoms with Crippen LogP contribution in [0.1, 0.15) is 19.4 Å². The standard InChI is InChI=1S/C13H10ClFN2O/c1-7(2)18-12-4-11-9(3-10(12)15)13(14)8(5-16)6-17-11/h3-4,6-7H,1-2H3. The second-order valence-electron chi connectivity index (χ2n) is 4.06. The lowest BCUT2D eigenvalue weighted by Gasteiger charge is -2.11. The number of nitriles is 1. The molecule has 0 bridgehead atoms. The molecular weight excluding hydrogens is 255 g/mol. The molecule has 18 heavy (non-hydrogen) atoms. The van der Waals surface area contributed by atoms with Gasteiger partial charge in [0.1, 0.15) is 6.07 Å². The van der Waals surface area contributed by atoms with Gasteiger partial charge in [-0.25, -0.2) is 4.39 Å². The first-order valence-electron chi connectivity index (χ1n) is 5.37. The smallest absolute Gasteiger partial charge is 0.165 e. The molecule has 0 atom stereocenters. The first kappa shape index (κ1) is 12.6. The fourth-order valence-corrected chi connectivity index (χ4v) is 1.83. The summed E-state index contributed by atoms with van der Waals surface area (Å²) < 4.78 is 19.1. The molecule has 0 spiro atoms. The Bertz CT molecular complexity index is 649. The van der Waals surface area contributed by atoms with Crippen molar-refractivity contribution in [1.82, 2.24) is 4.98 Å². The molecular formula is C13H10ClFN2O. The Morgan fingerprint density at radius 1 is 1.44 bits per heavy atom. The molecule has 0 N–H and O–H groups in total. The molecule has 0 aliphatic heterocycles. The highest BCUT2D eigenvalue weighted by molar-refractivity contribution is 6.36. The number of rotatable bonds is 2. The van der Waals surface area contributed by atoms with E-state index in [1.54, 1.807) is 0 Å². The lowest BCUT2D eigenvalue weighted by Crippen LogP contribution is -2.07. The van der Waals surface area contributed by atoms with Crippen LogP contribution in [0.25, 0.3) is 10.9 Å². The Balaban J connectivity index is 2.65. The van der Waals surface area contributed by atoms with Crippen molar-refractivity contribution in [2.75, 3.05) is 0 Å². The molecule has 5 heteroatoms. The van der Waals surface area contributed by atoms with E-state index in [0.717, 1.165) is 0 Å². The summed E-state index contributed by atoms with van der Waals surface area (Å²) in [6.45, 7) is 3.62. The Morgan fingerprint density at radius 3 is 2.78 bits per heavy atom. The van der Waals surface area contributed by atoms with Gasteiger partial charge in [0, 0.05) is 17.6 Å². The van der Waals surface area contributed by atoms with Crippen LogP contribution in [-0.4, -0.2) is 11.1 Å². The van der Waals surface area contributed by atoms with Crippen molar-refractivity contribution in [3.05, 3.63) is 34.7 Å². The number of ether oxygens (including phenoxy) is 1. The van der Waals surface area contributed by atoms with E-state index in [-0.39, 0.29) is 22.4 Å². The van der Waals surface area contributed by atoms with Gasteiger partial charge >= 0.3 is 0 Å². The van der Waals surface area contributed by atoms with Gasteiger partial charge in [0.25, 0.3) is 0 Å². The molecule has 3 nitrogen and oxygen atoms in total. The fraction of sp³-hybridized carbons (Fsp3) is 0.231. The largest absolute Gasteiger partial charge is 0.488 e. The second kappa shape index (κ2) is 4.79. The van der Waals surface area contributed by atoms with Crippen molar-refractivity contribution < 1.29 is 9.13 Å². The van der Waals surface area contributed by atoms with Gasteiger partial charge in [0.2, 0.25) is 0 Å². The van der Waals surface area contributed by atoms with Crippen molar-refractivity contribution in [2.24, 2.45) is 0 Å². The maximum Gasteiger partial charge on any atom is 0.165 e. The molecule has 0 unspecified atom stereocenters. The van der Waals surface area contributed by atoms with E-state index in [1.165, 1.54) is 18.3 Å². The molecule has 1 aromatic heterocycles. The summed E-state index contributed by atoms with van der Waals surface area (Å²) in [4.78, 5) is 4.07. The summed E-state index contributed by atoms with van der Waals surface area (Å²) >= 11 is 6.00. The number of nitrogens with zero attached hydrogens (tertiary/aromatic N) is 2. The molecule has 92 valence electrons. The lowest BCUT2D eigenvalue weighted by atomic mass is 10.1. The number of hydrogen-bond acceptors (Lipinski definition) is 3. The van der Waals surface area contributed by atoms with Crippen LogP contribution in [0, 0.1) is 17.1 Å². The SMILES string of the molecule is CC(C)Oc1cc2ncc(C#N)c(Cl)c2cc1F. The summed E-state index contributed by atoms with van der Waals surface area (Å²) in [6, 6.07) is 4.63. The van der Waals surface area contributed by atoms with Crippen LogP contribution in [0.15, 0.2) is 18.3 Å². The van der Waals surface area contributed by atoms with Gasteiger partial charge in [-0.1, -0.05) is 11.6 Å². The zero-order valence-electron chi connectivity index (χ0n) is 9.87. The van der Waals surface area contributed by atoms with E-state index in [2.05, 4.69) is 4.98 Å². The van der Waals surface area contributed by atoms with Gasteiger partial charge in [-0.15, -0.1) is 0 Å². The van der Waals surface area contributed by atoms with Gasteiger partial charge < -0.3 is 4.74 Å². The summed E-state index contributed by atoms with van der Waals surface area (Å²) in [5, 5.41) is 9.44. The number of fused-ring (bicyclic) bond motifs is 1. The number of pyridine rings is 1. The third-order valence-electron chi connectivity index (χ3n) is 2.34. The maximum absolute atomic E-state index is 13.8. The summed E-state index contributed by atoms with van der Waals surface area (Å²) in [7, 11) is 0. The van der Waals surface area contributed by atoms with Crippen LogP contribution >= 0.6 is 11.6 Å². The molecule has 0 fully saturated rings. The molecule has 0 saturated heterocycles. The first-order chi connectivity index (χ1) is 8.52. The third-order valence-corrected chi connectivity index (χ3v) is 2.75. The van der Waals surface area contributed by atoms with Crippen LogP contribution in [0.2, 0.25) is 5.02 Å². The zero-order valence-corrected chi connectivity index (χ0v) is 10.6. The van der Waals surface area contributed by atoms with Gasteiger partial charge in [-0.05, 0) is 19.9 Å². The van der Waals surface area contributed by atoms with E-state index in [1.807, 2.05) is 19.9 Å². The van der Waals surface area contributed by atoms with Gasteiger partial charge in [0.15, 0.2) is 11.6 Å². The average Bonchev–Trinajstić information content (AvgIpc) is 2.31. The number of hydrogen-bond donors (Lipinski definition) is 0. The molecule has 2 aromatic rings. The number of aromatic nitrogens is 1. The van der Waals surface area contributed by atoms with Gasteiger partial charge in [-0.2, -0.15) is 5.26 Å². The second-order valence-corrected chi connectivity index (χ2v) is 4.44. The Labute approximate surface area is 109 Å². The monoisotopic (exact) mass is 264 g/mol. The van der Waals surface area contributed by atoms with Crippen LogP contribution in [0.3, 0.4) is 0 Å². The molecule has 1 aromatic carbocycles. The quantitative estimate of drug-likeness (QED) is 0.831. The average molecular weight is 265 g/mol. The molecule has 0 saturated carbocycles. The number of halogens is 2. The Kier molecular flexibility index (Phi) is 3.35. The van der Waals surface area contributed by atoms with Gasteiger partial charge in [-0.3, -0.25) is 4.98 Å². The predicted molar refractivity (Wildman–Crippen MR) is 67.2 cm³/mol. The minimum absolute atomic E-state index is 0.130. The third kappa shape index (κ3) is 2.22. The van der Waals surface area contributed by atoms with E-state index >= 15 is 0 Å².